The molecule has 5 nitrogen and oxygen atoms in total. The third-order valence-corrected chi connectivity index (χ3v) is 3.51. The molecule has 1 fully saturated rings. The maximum absolute atomic E-state index is 8.94. The van der Waals surface area contributed by atoms with Crippen LogP contribution in [-0.2, 0) is 6.42 Å². The number of β-amino-alcohol motifs (C(OH)–C–C–N with tert-alkyl or cyclic N) is 1. The molecule has 0 spiro atoms. The molecule has 1 saturated heterocycles. The van der Waals surface area contributed by atoms with Crippen molar-refractivity contribution in [1.82, 2.24) is 14.9 Å². The zero-order valence-electron chi connectivity index (χ0n) is 11.3. The fourth-order valence-electron chi connectivity index (χ4n) is 2.29. The first-order chi connectivity index (χ1) is 9.22. The van der Waals surface area contributed by atoms with Crippen LogP contribution in [-0.4, -0.2) is 59.3 Å². The van der Waals surface area contributed by atoms with E-state index >= 15 is 0 Å². The lowest BCUT2D eigenvalue weighted by Crippen LogP contribution is -2.47. The van der Waals surface area contributed by atoms with E-state index < -0.39 is 0 Å². The molecule has 0 aliphatic carbocycles. The molecule has 1 aromatic heterocycles. The lowest BCUT2D eigenvalue weighted by molar-refractivity contribution is 0.188. The van der Waals surface area contributed by atoms with Gasteiger partial charge in [0.15, 0.2) is 0 Å². The first-order valence-electron chi connectivity index (χ1n) is 6.84. The van der Waals surface area contributed by atoms with E-state index in [4.69, 9.17) is 16.7 Å². The summed E-state index contributed by atoms with van der Waals surface area (Å²) in [5.41, 5.74) is 0. The van der Waals surface area contributed by atoms with Crippen molar-refractivity contribution in [2.24, 2.45) is 0 Å². The zero-order valence-corrected chi connectivity index (χ0v) is 12.1. The number of aromatic nitrogens is 2. The Morgan fingerprint density at radius 3 is 2.63 bits per heavy atom. The zero-order chi connectivity index (χ0) is 13.7. The average molecular weight is 285 g/mol. The molecule has 0 atom stereocenters. The van der Waals surface area contributed by atoms with E-state index in [1.165, 1.54) is 0 Å². The van der Waals surface area contributed by atoms with Crippen LogP contribution in [0.15, 0.2) is 6.07 Å². The summed E-state index contributed by atoms with van der Waals surface area (Å²) in [7, 11) is 0. The minimum atomic E-state index is 0.222. The summed E-state index contributed by atoms with van der Waals surface area (Å²) in [6.45, 7) is 6.81. The van der Waals surface area contributed by atoms with Crippen molar-refractivity contribution >= 4 is 17.4 Å². The van der Waals surface area contributed by atoms with Gasteiger partial charge in [0.05, 0.1) is 6.61 Å². The van der Waals surface area contributed by atoms with E-state index in [1.54, 1.807) is 0 Å². The van der Waals surface area contributed by atoms with E-state index in [2.05, 4.69) is 26.7 Å². The van der Waals surface area contributed by atoms with Gasteiger partial charge < -0.3 is 10.0 Å². The van der Waals surface area contributed by atoms with E-state index in [0.717, 1.165) is 57.2 Å². The van der Waals surface area contributed by atoms with Gasteiger partial charge in [0, 0.05) is 45.2 Å². The van der Waals surface area contributed by atoms with Crippen molar-refractivity contribution in [2.45, 2.75) is 19.8 Å². The highest BCUT2D eigenvalue weighted by Crippen LogP contribution is 2.18. The summed E-state index contributed by atoms with van der Waals surface area (Å²) in [4.78, 5) is 13.3. The average Bonchev–Trinajstić information content (AvgIpc) is 2.40. The number of aryl methyl sites for hydroxylation is 1. The standard InChI is InChI=1S/C13H21ClN4O/c1-2-3-12-15-11(14)10-13(16-12)18-6-4-17(5-7-18)8-9-19/h10,19H,2-9H2,1H3. The molecular formula is C13H21ClN4O. The van der Waals surface area contributed by atoms with Crippen LogP contribution in [0.2, 0.25) is 5.15 Å². The second kappa shape index (κ2) is 7.03. The molecule has 0 unspecified atom stereocenters. The van der Waals surface area contributed by atoms with E-state index in [0.29, 0.717) is 5.15 Å². The molecule has 19 heavy (non-hydrogen) atoms. The summed E-state index contributed by atoms with van der Waals surface area (Å²) in [6.07, 6.45) is 1.88. The van der Waals surface area contributed by atoms with Crippen LogP contribution in [0.4, 0.5) is 5.82 Å². The molecular weight excluding hydrogens is 264 g/mol. The second-order valence-corrected chi connectivity index (χ2v) is 5.15. The highest BCUT2D eigenvalue weighted by Gasteiger charge is 2.18. The third kappa shape index (κ3) is 4.03. The number of aliphatic hydroxyl groups excluding tert-OH is 1. The molecule has 0 aromatic carbocycles. The minimum absolute atomic E-state index is 0.222. The Labute approximate surface area is 119 Å². The Bertz CT molecular complexity index is 408. The number of hydrogen-bond donors (Lipinski definition) is 1. The van der Waals surface area contributed by atoms with Gasteiger partial charge in [-0.05, 0) is 6.42 Å². The molecule has 0 radical (unpaired) electrons. The first kappa shape index (κ1) is 14.5. The van der Waals surface area contributed by atoms with Gasteiger partial charge in [-0.1, -0.05) is 18.5 Å². The predicted molar refractivity (Wildman–Crippen MR) is 76.8 cm³/mol. The molecule has 2 heterocycles. The fraction of sp³-hybridized carbons (Fsp3) is 0.692. The van der Waals surface area contributed by atoms with Crippen LogP contribution < -0.4 is 4.90 Å². The van der Waals surface area contributed by atoms with Gasteiger partial charge in [-0.25, -0.2) is 9.97 Å². The predicted octanol–water partition coefficient (Wildman–Crippen LogP) is 1.20. The highest BCUT2D eigenvalue weighted by molar-refractivity contribution is 6.29. The Morgan fingerprint density at radius 2 is 2.00 bits per heavy atom. The lowest BCUT2D eigenvalue weighted by atomic mass is 10.3. The molecule has 6 heteroatoms. The monoisotopic (exact) mass is 284 g/mol. The van der Waals surface area contributed by atoms with Crippen molar-refractivity contribution < 1.29 is 5.11 Å². The number of nitrogens with zero attached hydrogens (tertiary/aromatic N) is 4. The van der Waals surface area contributed by atoms with Crippen molar-refractivity contribution in [2.75, 3.05) is 44.2 Å². The maximum Gasteiger partial charge on any atom is 0.134 e. The van der Waals surface area contributed by atoms with Gasteiger partial charge in [0.1, 0.15) is 16.8 Å². The molecule has 1 aliphatic rings. The molecule has 2 rings (SSSR count). The number of halogens is 1. The van der Waals surface area contributed by atoms with Crippen LogP contribution in [0, 0.1) is 0 Å². The van der Waals surface area contributed by atoms with Crippen molar-refractivity contribution in [3.8, 4) is 0 Å². The van der Waals surface area contributed by atoms with Gasteiger partial charge in [-0.3, -0.25) is 4.90 Å². The lowest BCUT2D eigenvalue weighted by Gasteiger charge is -2.35. The van der Waals surface area contributed by atoms with Crippen molar-refractivity contribution in [3.63, 3.8) is 0 Å². The van der Waals surface area contributed by atoms with Crippen molar-refractivity contribution in [3.05, 3.63) is 17.0 Å². The van der Waals surface area contributed by atoms with Gasteiger partial charge in [0.25, 0.3) is 0 Å². The molecule has 0 saturated carbocycles. The molecule has 1 aromatic rings. The van der Waals surface area contributed by atoms with Gasteiger partial charge >= 0.3 is 0 Å². The summed E-state index contributed by atoms with van der Waals surface area (Å²) < 4.78 is 0. The third-order valence-electron chi connectivity index (χ3n) is 3.31. The maximum atomic E-state index is 8.94. The molecule has 0 amide bonds. The number of anilines is 1. The Kier molecular flexibility index (Phi) is 5.36. The second-order valence-electron chi connectivity index (χ2n) is 4.77. The summed E-state index contributed by atoms with van der Waals surface area (Å²) in [5, 5.41) is 9.46. The summed E-state index contributed by atoms with van der Waals surface area (Å²) >= 11 is 6.06. The first-order valence-corrected chi connectivity index (χ1v) is 7.22. The summed E-state index contributed by atoms with van der Waals surface area (Å²) in [6, 6.07) is 1.84. The molecule has 1 N–H and O–H groups in total. The van der Waals surface area contributed by atoms with Gasteiger partial charge in [-0.2, -0.15) is 0 Å². The number of piperazine rings is 1. The molecule has 1 aliphatic heterocycles. The van der Waals surface area contributed by atoms with Crippen LogP contribution in [0.1, 0.15) is 19.2 Å². The number of aliphatic hydroxyl groups is 1. The SMILES string of the molecule is CCCc1nc(Cl)cc(N2CCN(CCO)CC2)n1. The normalized spacial score (nSPS) is 16.9. The summed E-state index contributed by atoms with van der Waals surface area (Å²) in [5.74, 6) is 1.75. The largest absolute Gasteiger partial charge is 0.395 e. The topological polar surface area (TPSA) is 52.5 Å². The number of rotatable bonds is 5. The van der Waals surface area contributed by atoms with Crippen LogP contribution in [0.3, 0.4) is 0 Å². The van der Waals surface area contributed by atoms with Crippen LogP contribution in [0.25, 0.3) is 0 Å². The van der Waals surface area contributed by atoms with E-state index in [9.17, 15) is 0 Å². The van der Waals surface area contributed by atoms with Crippen LogP contribution >= 0.6 is 11.6 Å². The smallest absolute Gasteiger partial charge is 0.134 e. The number of hydrogen-bond acceptors (Lipinski definition) is 5. The molecule has 106 valence electrons. The van der Waals surface area contributed by atoms with Crippen molar-refractivity contribution in [1.29, 1.82) is 0 Å². The Balaban J connectivity index is 2.02. The van der Waals surface area contributed by atoms with Gasteiger partial charge in [-0.15, -0.1) is 0 Å². The van der Waals surface area contributed by atoms with Crippen LogP contribution in [0.5, 0.6) is 0 Å². The Hall–Kier alpha value is -0.910. The Morgan fingerprint density at radius 1 is 1.26 bits per heavy atom. The van der Waals surface area contributed by atoms with E-state index in [1.807, 2.05) is 6.07 Å². The fourth-order valence-corrected chi connectivity index (χ4v) is 2.49. The minimum Gasteiger partial charge on any atom is -0.395 e. The molecule has 0 bridgehead atoms. The van der Waals surface area contributed by atoms with E-state index in [-0.39, 0.29) is 6.61 Å². The highest BCUT2D eigenvalue weighted by atomic mass is 35.5. The quantitative estimate of drug-likeness (QED) is 0.824. The van der Waals surface area contributed by atoms with Gasteiger partial charge in [0.2, 0.25) is 0 Å².